The van der Waals surface area contributed by atoms with E-state index >= 15 is 0 Å². The topological polar surface area (TPSA) is 38.1 Å². The van der Waals surface area contributed by atoms with Crippen LogP contribution in [0.25, 0.3) is 0 Å². The van der Waals surface area contributed by atoms with Crippen molar-refractivity contribution in [3.05, 3.63) is 18.0 Å². The molecule has 1 aromatic heterocycles. The highest BCUT2D eigenvalue weighted by Gasteiger charge is 2.15. The second-order valence-electron chi connectivity index (χ2n) is 3.68. The molecule has 1 heterocycles. The molecule has 0 atom stereocenters. The van der Waals surface area contributed by atoms with Crippen molar-refractivity contribution in [3.8, 4) is 0 Å². The van der Waals surface area contributed by atoms with Crippen LogP contribution in [-0.4, -0.2) is 26.1 Å². The molecule has 0 fully saturated rings. The lowest BCUT2D eigenvalue weighted by molar-refractivity contribution is 0.204. The molecule has 0 unspecified atom stereocenters. The third-order valence-corrected chi connectivity index (χ3v) is 2.43. The van der Waals surface area contributed by atoms with E-state index in [1.807, 2.05) is 31.6 Å². The predicted molar refractivity (Wildman–Crippen MR) is 59.8 cm³/mol. The Balaban J connectivity index is 2.69. The Morgan fingerprint density at radius 2 is 2.33 bits per heavy atom. The number of hydrogen-bond acceptors (Lipinski definition) is 2. The van der Waals surface area contributed by atoms with Crippen LogP contribution < -0.4 is 0 Å². The van der Waals surface area contributed by atoms with Gasteiger partial charge in [-0.25, -0.2) is 0 Å². The molecule has 0 N–H and O–H groups in total. The van der Waals surface area contributed by atoms with E-state index in [1.165, 1.54) is 0 Å². The molecule has 0 spiro atoms. The van der Waals surface area contributed by atoms with E-state index in [0.717, 1.165) is 12.1 Å². The molecule has 0 aliphatic heterocycles. The zero-order chi connectivity index (χ0) is 11.4. The van der Waals surface area contributed by atoms with Crippen molar-refractivity contribution >= 4 is 17.0 Å². The Hall–Kier alpha value is -1.03. The molecule has 15 heavy (non-hydrogen) atoms. The zero-order valence-electron chi connectivity index (χ0n) is 9.27. The molecule has 4 nitrogen and oxygen atoms in total. The number of aromatic nitrogens is 2. The van der Waals surface area contributed by atoms with Crippen molar-refractivity contribution in [1.29, 1.82) is 0 Å². The Labute approximate surface area is 94.8 Å². The van der Waals surface area contributed by atoms with Gasteiger partial charge in [-0.2, -0.15) is 5.10 Å². The molecule has 84 valence electrons. The summed E-state index contributed by atoms with van der Waals surface area (Å²) in [6.07, 6.45) is 3.69. The third-order valence-electron chi connectivity index (χ3n) is 2.21. The normalized spacial score (nSPS) is 10.7. The average molecular weight is 230 g/mol. The van der Waals surface area contributed by atoms with Gasteiger partial charge in [-0.3, -0.25) is 9.48 Å². The SMILES string of the molecule is CCn1cc(CN(C(=O)Cl)C(C)C)cn1. The van der Waals surface area contributed by atoms with E-state index in [0.29, 0.717) is 6.54 Å². The van der Waals surface area contributed by atoms with Gasteiger partial charge in [-0.15, -0.1) is 0 Å². The minimum absolute atomic E-state index is 0.0972. The molecule has 1 rings (SSSR count). The van der Waals surface area contributed by atoms with Crippen LogP contribution in [0.4, 0.5) is 4.79 Å². The highest BCUT2D eigenvalue weighted by Crippen LogP contribution is 2.10. The van der Waals surface area contributed by atoms with Crippen LogP contribution in [-0.2, 0) is 13.1 Å². The van der Waals surface area contributed by atoms with Gasteiger partial charge in [-0.1, -0.05) is 0 Å². The molecule has 0 aliphatic carbocycles. The minimum Gasteiger partial charge on any atom is -0.322 e. The summed E-state index contributed by atoms with van der Waals surface area (Å²) in [5.74, 6) is 0. The van der Waals surface area contributed by atoms with Crippen molar-refractivity contribution in [2.75, 3.05) is 0 Å². The van der Waals surface area contributed by atoms with Gasteiger partial charge in [-0.05, 0) is 32.4 Å². The highest BCUT2D eigenvalue weighted by molar-refractivity contribution is 6.62. The van der Waals surface area contributed by atoms with Gasteiger partial charge in [0.2, 0.25) is 0 Å². The van der Waals surface area contributed by atoms with Crippen LogP contribution in [0.1, 0.15) is 26.3 Å². The number of halogens is 1. The van der Waals surface area contributed by atoms with Crippen molar-refractivity contribution in [1.82, 2.24) is 14.7 Å². The fourth-order valence-corrected chi connectivity index (χ4v) is 1.56. The largest absolute Gasteiger partial charge is 0.322 e. The van der Waals surface area contributed by atoms with Gasteiger partial charge in [0.1, 0.15) is 0 Å². The van der Waals surface area contributed by atoms with E-state index in [4.69, 9.17) is 11.6 Å². The predicted octanol–water partition coefficient (Wildman–Crippen LogP) is 2.47. The number of aryl methyl sites for hydroxylation is 1. The van der Waals surface area contributed by atoms with E-state index < -0.39 is 5.37 Å². The molecule has 0 saturated heterocycles. The highest BCUT2D eigenvalue weighted by atomic mass is 35.5. The molecular formula is C10H16ClN3O. The summed E-state index contributed by atoms with van der Waals surface area (Å²) in [6, 6.07) is 0.0972. The lowest BCUT2D eigenvalue weighted by atomic mass is 10.3. The van der Waals surface area contributed by atoms with Crippen molar-refractivity contribution < 1.29 is 4.79 Å². The van der Waals surface area contributed by atoms with Crippen LogP contribution in [0.15, 0.2) is 12.4 Å². The number of hydrogen-bond donors (Lipinski definition) is 0. The standard InChI is InChI=1S/C10H16ClN3O/c1-4-13-6-9(5-12-13)7-14(8(2)3)10(11)15/h5-6,8H,4,7H2,1-3H3. The molecule has 1 amide bonds. The van der Waals surface area contributed by atoms with Crippen molar-refractivity contribution in [2.45, 2.75) is 39.9 Å². The Morgan fingerprint density at radius 3 is 2.73 bits per heavy atom. The average Bonchev–Trinajstić information content (AvgIpc) is 2.60. The van der Waals surface area contributed by atoms with Crippen molar-refractivity contribution in [2.24, 2.45) is 0 Å². The van der Waals surface area contributed by atoms with Crippen LogP contribution in [0.5, 0.6) is 0 Å². The second-order valence-corrected chi connectivity index (χ2v) is 4.00. The summed E-state index contributed by atoms with van der Waals surface area (Å²) >= 11 is 5.49. The van der Waals surface area contributed by atoms with Gasteiger partial charge in [0, 0.05) is 24.3 Å². The fraction of sp³-hybridized carbons (Fsp3) is 0.600. The van der Waals surface area contributed by atoms with Crippen LogP contribution in [0, 0.1) is 0 Å². The Bertz CT molecular complexity index is 335. The van der Waals surface area contributed by atoms with E-state index in [-0.39, 0.29) is 6.04 Å². The summed E-state index contributed by atoms with van der Waals surface area (Å²) in [5.41, 5.74) is 1.000. The first-order valence-electron chi connectivity index (χ1n) is 5.02. The monoisotopic (exact) mass is 229 g/mol. The number of rotatable bonds is 4. The number of nitrogens with zero attached hydrogens (tertiary/aromatic N) is 3. The lowest BCUT2D eigenvalue weighted by Crippen LogP contribution is -2.32. The summed E-state index contributed by atoms with van der Waals surface area (Å²) in [7, 11) is 0. The quantitative estimate of drug-likeness (QED) is 0.588. The summed E-state index contributed by atoms with van der Waals surface area (Å²) in [5, 5.41) is 3.72. The molecule has 1 aromatic rings. The number of carbonyl (C=O) groups excluding carboxylic acids is 1. The first-order valence-corrected chi connectivity index (χ1v) is 5.39. The molecular weight excluding hydrogens is 214 g/mol. The van der Waals surface area contributed by atoms with Gasteiger partial charge in [0.15, 0.2) is 0 Å². The summed E-state index contributed by atoms with van der Waals surface area (Å²) < 4.78 is 1.83. The van der Waals surface area contributed by atoms with E-state index in [9.17, 15) is 4.79 Å². The third kappa shape index (κ3) is 3.23. The zero-order valence-corrected chi connectivity index (χ0v) is 10.0. The maximum Gasteiger partial charge on any atom is 0.316 e. The molecule has 0 aromatic carbocycles. The second kappa shape index (κ2) is 5.16. The van der Waals surface area contributed by atoms with Crippen molar-refractivity contribution in [3.63, 3.8) is 0 Å². The lowest BCUT2D eigenvalue weighted by Gasteiger charge is -2.22. The van der Waals surface area contributed by atoms with E-state index in [2.05, 4.69) is 5.10 Å². The van der Waals surface area contributed by atoms with Gasteiger partial charge in [0.05, 0.1) is 12.7 Å². The van der Waals surface area contributed by atoms with Gasteiger partial charge in [0.25, 0.3) is 0 Å². The smallest absolute Gasteiger partial charge is 0.316 e. The van der Waals surface area contributed by atoms with Crippen LogP contribution in [0.3, 0.4) is 0 Å². The van der Waals surface area contributed by atoms with Crippen LogP contribution >= 0.6 is 11.6 Å². The summed E-state index contributed by atoms with van der Waals surface area (Å²) in [6.45, 7) is 7.23. The van der Waals surface area contributed by atoms with Crippen LogP contribution in [0.2, 0.25) is 0 Å². The molecule has 0 saturated carbocycles. The Morgan fingerprint density at radius 1 is 1.67 bits per heavy atom. The molecule has 0 bridgehead atoms. The molecule has 5 heteroatoms. The molecule has 0 radical (unpaired) electrons. The number of amides is 1. The van der Waals surface area contributed by atoms with Gasteiger partial charge >= 0.3 is 5.37 Å². The van der Waals surface area contributed by atoms with E-state index in [1.54, 1.807) is 11.1 Å². The first kappa shape index (κ1) is 12.0. The van der Waals surface area contributed by atoms with Gasteiger partial charge < -0.3 is 4.90 Å². The summed E-state index contributed by atoms with van der Waals surface area (Å²) in [4.78, 5) is 12.7. The maximum atomic E-state index is 11.1. The minimum atomic E-state index is -0.422. The maximum absolute atomic E-state index is 11.1. The first-order chi connectivity index (χ1) is 7.04. The Kier molecular flexibility index (Phi) is 4.15. The number of carbonyl (C=O) groups is 1. The fourth-order valence-electron chi connectivity index (χ4n) is 1.31. The molecule has 0 aliphatic rings.